The number of benzene rings is 1. The minimum atomic E-state index is -0.322. The predicted octanol–water partition coefficient (Wildman–Crippen LogP) is 2.48. The van der Waals surface area contributed by atoms with Gasteiger partial charge >= 0.3 is 0 Å². The van der Waals surface area contributed by atoms with Gasteiger partial charge in [-0.2, -0.15) is 0 Å². The number of hydrogen-bond donors (Lipinski definition) is 2. The van der Waals surface area contributed by atoms with Gasteiger partial charge in [-0.3, -0.25) is 14.4 Å². The van der Waals surface area contributed by atoms with E-state index in [-0.39, 0.29) is 30.8 Å². The maximum atomic E-state index is 12.1. The first-order valence-corrected chi connectivity index (χ1v) is 8.87. The highest BCUT2D eigenvalue weighted by Gasteiger charge is 2.16. The van der Waals surface area contributed by atoms with Crippen LogP contribution >= 0.6 is 0 Å². The molecule has 1 rings (SSSR count). The Bertz CT molecular complexity index is 570. The van der Waals surface area contributed by atoms with Gasteiger partial charge < -0.3 is 15.5 Å². The van der Waals surface area contributed by atoms with Crippen molar-refractivity contribution in [1.82, 2.24) is 10.2 Å². The van der Waals surface area contributed by atoms with E-state index in [4.69, 9.17) is 0 Å². The number of unbranched alkanes of at least 4 members (excludes halogenated alkanes) is 1. The highest BCUT2D eigenvalue weighted by Crippen LogP contribution is 2.08. The predicted molar refractivity (Wildman–Crippen MR) is 99.2 cm³/mol. The van der Waals surface area contributed by atoms with Gasteiger partial charge in [0.15, 0.2) is 0 Å². The molecule has 6 heteroatoms. The Morgan fingerprint density at radius 3 is 2.28 bits per heavy atom. The molecule has 0 radical (unpaired) electrons. The number of hydrogen-bond acceptors (Lipinski definition) is 3. The molecule has 6 nitrogen and oxygen atoms in total. The highest BCUT2D eigenvalue weighted by molar-refractivity contribution is 5.95. The molecular formula is C19H29N3O3. The van der Waals surface area contributed by atoms with Crippen LogP contribution < -0.4 is 10.6 Å². The molecule has 1 aromatic rings. The van der Waals surface area contributed by atoms with Crippen LogP contribution in [0.4, 0.5) is 5.69 Å². The summed E-state index contributed by atoms with van der Waals surface area (Å²) >= 11 is 0. The number of aryl methyl sites for hydroxylation is 1. The molecule has 0 fully saturated rings. The van der Waals surface area contributed by atoms with Crippen LogP contribution in [0.2, 0.25) is 0 Å². The molecule has 2 N–H and O–H groups in total. The Morgan fingerprint density at radius 1 is 1.00 bits per heavy atom. The third-order valence-electron chi connectivity index (χ3n) is 3.71. The summed E-state index contributed by atoms with van der Waals surface area (Å²) in [5.41, 5.74) is 1.79. The number of rotatable bonds is 10. The summed E-state index contributed by atoms with van der Waals surface area (Å²) in [4.78, 5) is 37.6. The van der Waals surface area contributed by atoms with Crippen LogP contribution in [0, 0.1) is 6.92 Å². The van der Waals surface area contributed by atoms with Gasteiger partial charge in [-0.15, -0.1) is 0 Å². The van der Waals surface area contributed by atoms with Crippen LogP contribution in [0.15, 0.2) is 24.3 Å². The second kappa shape index (κ2) is 11.2. The summed E-state index contributed by atoms with van der Waals surface area (Å²) < 4.78 is 0. The molecule has 0 aromatic heterocycles. The van der Waals surface area contributed by atoms with Crippen LogP contribution in [-0.4, -0.2) is 42.3 Å². The van der Waals surface area contributed by atoms with Crippen molar-refractivity contribution >= 4 is 23.4 Å². The number of amides is 3. The quantitative estimate of drug-likeness (QED) is 0.682. The van der Waals surface area contributed by atoms with Gasteiger partial charge in [0.2, 0.25) is 17.7 Å². The smallest absolute Gasteiger partial charge is 0.243 e. The van der Waals surface area contributed by atoms with E-state index in [9.17, 15) is 14.4 Å². The molecular weight excluding hydrogens is 318 g/mol. The average Bonchev–Trinajstić information content (AvgIpc) is 2.59. The van der Waals surface area contributed by atoms with E-state index in [1.807, 2.05) is 45.0 Å². The summed E-state index contributed by atoms with van der Waals surface area (Å²) in [6.07, 6.45) is 3.01. The molecule has 0 unspecified atom stereocenters. The first-order chi connectivity index (χ1) is 12.0. The van der Waals surface area contributed by atoms with Gasteiger partial charge in [0.1, 0.15) is 0 Å². The number of nitrogens with one attached hydrogen (secondary N) is 2. The van der Waals surface area contributed by atoms with Crippen molar-refractivity contribution in [2.24, 2.45) is 0 Å². The van der Waals surface area contributed by atoms with Crippen molar-refractivity contribution in [1.29, 1.82) is 0 Å². The minimum Gasteiger partial charge on any atom is -0.345 e. The fourth-order valence-corrected chi connectivity index (χ4v) is 2.30. The normalized spacial score (nSPS) is 10.2. The monoisotopic (exact) mass is 347 g/mol. The topological polar surface area (TPSA) is 78.5 Å². The van der Waals surface area contributed by atoms with E-state index in [1.54, 1.807) is 4.90 Å². The van der Waals surface area contributed by atoms with Gasteiger partial charge in [0.05, 0.1) is 13.1 Å². The molecule has 0 bridgehead atoms. The third kappa shape index (κ3) is 8.33. The molecule has 0 aliphatic carbocycles. The molecule has 25 heavy (non-hydrogen) atoms. The van der Waals surface area contributed by atoms with Crippen molar-refractivity contribution in [2.45, 2.75) is 46.5 Å². The molecule has 0 atom stereocenters. The van der Waals surface area contributed by atoms with E-state index in [1.165, 1.54) is 0 Å². The van der Waals surface area contributed by atoms with Gasteiger partial charge in [0.25, 0.3) is 0 Å². The van der Waals surface area contributed by atoms with Crippen molar-refractivity contribution in [3.05, 3.63) is 29.8 Å². The molecule has 0 saturated carbocycles. The van der Waals surface area contributed by atoms with Crippen molar-refractivity contribution in [2.75, 3.05) is 25.0 Å². The van der Waals surface area contributed by atoms with Crippen LogP contribution in [-0.2, 0) is 14.4 Å². The zero-order valence-electron chi connectivity index (χ0n) is 15.4. The van der Waals surface area contributed by atoms with Gasteiger partial charge in [-0.1, -0.05) is 38.0 Å². The summed E-state index contributed by atoms with van der Waals surface area (Å²) in [6, 6.07) is 7.42. The summed E-state index contributed by atoms with van der Waals surface area (Å²) in [6.45, 7) is 6.38. The van der Waals surface area contributed by atoms with Gasteiger partial charge in [-0.05, 0) is 31.9 Å². The van der Waals surface area contributed by atoms with Crippen molar-refractivity contribution in [3.8, 4) is 0 Å². The van der Waals surface area contributed by atoms with Crippen LogP contribution in [0.25, 0.3) is 0 Å². The summed E-state index contributed by atoms with van der Waals surface area (Å²) in [7, 11) is 0. The maximum absolute atomic E-state index is 12.1. The van der Waals surface area contributed by atoms with Crippen LogP contribution in [0.5, 0.6) is 0 Å². The molecule has 0 aliphatic rings. The van der Waals surface area contributed by atoms with Gasteiger partial charge in [0, 0.05) is 18.7 Å². The van der Waals surface area contributed by atoms with E-state index in [2.05, 4.69) is 10.6 Å². The Balaban J connectivity index is 2.41. The van der Waals surface area contributed by atoms with E-state index in [0.717, 1.165) is 24.8 Å². The number of carbonyl (C=O) groups excluding carboxylic acids is 3. The molecule has 0 heterocycles. The Morgan fingerprint density at radius 2 is 1.68 bits per heavy atom. The standard InChI is InChI=1S/C19H29N3O3/c1-4-6-7-19(25)22(12-5-2)14-18(24)20-13-17(23)21-16-10-8-15(3)9-11-16/h8-11H,4-7,12-14H2,1-3H3,(H,20,24)(H,21,23). The Labute approximate surface area is 150 Å². The van der Waals surface area contributed by atoms with E-state index in [0.29, 0.717) is 18.7 Å². The molecule has 138 valence electrons. The van der Waals surface area contributed by atoms with E-state index < -0.39 is 0 Å². The molecule has 0 aliphatic heterocycles. The Hall–Kier alpha value is -2.37. The SMILES string of the molecule is CCCCC(=O)N(CCC)CC(=O)NCC(=O)Nc1ccc(C)cc1. The third-order valence-corrected chi connectivity index (χ3v) is 3.71. The van der Waals surface area contributed by atoms with E-state index >= 15 is 0 Å². The lowest BCUT2D eigenvalue weighted by molar-refractivity contribution is -0.136. The average molecular weight is 347 g/mol. The second-order valence-electron chi connectivity index (χ2n) is 6.11. The largest absolute Gasteiger partial charge is 0.345 e. The fourth-order valence-electron chi connectivity index (χ4n) is 2.30. The van der Waals surface area contributed by atoms with Gasteiger partial charge in [-0.25, -0.2) is 0 Å². The molecule has 1 aromatic carbocycles. The maximum Gasteiger partial charge on any atom is 0.243 e. The molecule has 0 saturated heterocycles. The van der Waals surface area contributed by atoms with Crippen molar-refractivity contribution < 1.29 is 14.4 Å². The molecule has 0 spiro atoms. The number of nitrogens with zero attached hydrogens (tertiary/aromatic N) is 1. The first kappa shape index (κ1) is 20.7. The van der Waals surface area contributed by atoms with Crippen molar-refractivity contribution in [3.63, 3.8) is 0 Å². The lowest BCUT2D eigenvalue weighted by atomic mass is 10.2. The molecule has 3 amide bonds. The van der Waals surface area contributed by atoms with Crippen LogP contribution in [0.1, 0.15) is 45.1 Å². The fraction of sp³-hybridized carbons (Fsp3) is 0.526. The number of anilines is 1. The van der Waals surface area contributed by atoms with Crippen LogP contribution in [0.3, 0.4) is 0 Å². The lowest BCUT2D eigenvalue weighted by Gasteiger charge is -2.21. The number of carbonyl (C=O) groups is 3. The lowest BCUT2D eigenvalue weighted by Crippen LogP contribution is -2.43. The summed E-state index contributed by atoms with van der Waals surface area (Å²) in [5.74, 6) is -0.628. The second-order valence-corrected chi connectivity index (χ2v) is 6.11. The first-order valence-electron chi connectivity index (χ1n) is 8.87. The minimum absolute atomic E-state index is 0.00575. The zero-order chi connectivity index (χ0) is 18.7. The summed E-state index contributed by atoms with van der Waals surface area (Å²) in [5, 5.41) is 5.29. The highest BCUT2D eigenvalue weighted by atomic mass is 16.2. The zero-order valence-corrected chi connectivity index (χ0v) is 15.4. The Kier molecular flexibility index (Phi) is 9.29.